The largest absolute Gasteiger partial charge is 0.437 e. The summed E-state index contributed by atoms with van der Waals surface area (Å²) < 4.78 is 5.64. The number of oxazole rings is 1. The van der Waals surface area contributed by atoms with Gasteiger partial charge in [0, 0.05) is 6.08 Å². The predicted molar refractivity (Wildman–Crippen MR) is 78.8 cm³/mol. The molecule has 0 aliphatic heterocycles. The van der Waals surface area contributed by atoms with E-state index >= 15 is 0 Å². The van der Waals surface area contributed by atoms with E-state index in [4.69, 9.17) is 4.42 Å². The molecule has 2 heteroatoms. The van der Waals surface area contributed by atoms with Crippen molar-refractivity contribution in [2.24, 2.45) is 0 Å². The quantitative estimate of drug-likeness (QED) is 0.680. The van der Waals surface area contributed by atoms with Gasteiger partial charge >= 0.3 is 0 Å². The van der Waals surface area contributed by atoms with Crippen molar-refractivity contribution in [2.45, 2.75) is 13.3 Å². The Morgan fingerprint density at radius 2 is 1.79 bits per heavy atom. The first-order valence-electron chi connectivity index (χ1n) is 6.48. The molecule has 0 fully saturated rings. The Morgan fingerprint density at radius 3 is 2.53 bits per heavy atom. The summed E-state index contributed by atoms with van der Waals surface area (Å²) in [6.07, 6.45) is 4.99. The fourth-order valence-corrected chi connectivity index (χ4v) is 1.99. The molecule has 0 unspecified atom stereocenters. The summed E-state index contributed by atoms with van der Waals surface area (Å²) in [6, 6.07) is 16.3. The van der Waals surface area contributed by atoms with Crippen LogP contribution >= 0.6 is 0 Å². The van der Waals surface area contributed by atoms with Crippen molar-refractivity contribution in [3.05, 3.63) is 65.5 Å². The van der Waals surface area contributed by atoms with Gasteiger partial charge in [-0.2, -0.15) is 0 Å². The molecule has 1 aromatic heterocycles. The lowest BCUT2D eigenvalue weighted by molar-refractivity contribution is 0.590. The Balaban J connectivity index is 1.84. The molecule has 0 aliphatic carbocycles. The minimum Gasteiger partial charge on any atom is -0.437 e. The number of para-hydroxylation sites is 2. The van der Waals surface area contributed by atoms with Crippen molar-refractivity contribution in [1.82, 2.24) is 4.98 Å². The van der Waals surface area contributed by atoms with Gasteiger partial charge in [-0.05, 0) is 35.8 Å². The zero-order chi connectivity index (χ0) is 13.1. The monoisotopic (exact) mass is 249 g/mol. The first kappa shape index (κ1) is 11.7. The van der Waals surface area contributed by atoms with E-state index < -0.39 is 0 Å². The second-order valence-corrected chi connectivity index (χ2v) is 4.45. The topological polar surface area (TPSA) is 26.0 Å². The molecule has 0 amide bonds. The first-order valence-corrected chi connectivity index (χ1v) is 6.48. The smallest absolute Gasteiger partial charge is 0.220 e. The van der Waals surface area contributed by atoms with Crippen LogP contribution in [0, 0.1) is 0 Å². The third-order valence-electron chi connectivity index (χ3n) is 3.12. The molecule has 3 rings (SSSR count). The van der Waals surface area contributed by atoms with Gasteiger partial charge in [0.25, 0.3) is 0 Å². The van der Waals surface area contributed by atoms with Gasteiger partial charge in [0.2, 0.25) is 5.89 Å². The number of nitrogens with zero attached hydrogens (tertiary/aromatic N) is 1. The highest BCUT2D eigenvalue weighted by Gasteiger charge is 2.00. The van der Waals surface area contributed by atoms with Crippen molar-refractivity contribution < 1.29 is 4.42 Å². The average Bonchev–Trinajstić information content (AvgIpc) is 2.88. The molecular weight excluding hydrogens is 234 g/mol. The molecule has 0 saturated carbocycles. The molecule has 0 radical (unpaired) electrons. The van der Waals surface area contributed by atoms with Crippen LogP contribution in [0.1, 0.15) is 23.9 Å². The highest BCUT2D eigenvalue weighted by Crippen LogP contribution is 2.16. The van der Waals surface area contributed by atoms with Crippen molar-refractivity contribution in [3.63, 3.8) is 0 Å². The summed E-state index contributed by atoms with van der Waals surface area (Å²) in [5.41, 5.74) is 4.21. The first-order chi connectivity index (χ1) is 9.35. The summed E-state index contributed by atoms with van der Waals surface area (Å²) >= 11 is 0. The zero-order valence-corrected chi connectivity index (χ0v) is 10.8. The van der Waals surface area contributed by atoms with Gasteiger partial charge in [0.1, 0.15) is 5.52 Å². The summed E-state index contributed by atoms with van der Waals surface area (Å²) in [4.78, 5) is 4.41. The van der Waals surface area contributed by atoms with E-state index in [1.807, 2.05) is 36.4 Å². The molecule has 0 aliphatic rings. The van der Waals surface area contributed by atoms with E-state index in [1.54, 1.807) is 0 Å². The van der Waals surface area contributed by atoms with Gasteiger partial charge in [0.05, 0.1) is 0 Å². The number of aryl methyl sites for hydroxylation is 1. The van der Waals surface area contributed by atoms with Crippen molar-refractivity contribution in [1.29, 1.82) is 0 Å². The summed E-state index contributed by atoms with van der Waals surface area (Å²) in [5, 5.41) is 0. The summed E-state index contributed by atoms with van der Waals surface area (Å²) in [5.74, 6) is 0.640. The Kier molecular flexibility index (Phi) is 3.15. The number of hydrogen-bond acceptors (Lipinski definition) is 2. The maximum absolute atomic E-state index is 5.64. The molecule has 2 aromatic carbocycles. The lowest BCUT2D eigenvalue weighted by Crippen LogP contribution is -1.79. The number of fused-ring (bicyclic) bond motifs is 1. The average molecular weight is 249 g/mol. The maximum atomic E-state index is 5.64. The van der Waals surface area contributed by atoms with Crippen LogP contribution in [0.2, 0.25) is 0 Å². The predicted octanol–water partition coefficient (Wildman–Crippen LogP) is 4.56. The Bertz CT molecular complexity index is 674. The second-order valence-electron chi connectivity index (χ2n) is 4.45. The third-order valence-corrected chi connectivity index (χ3v) is 3.12. The SMILES string of the molecule is CCc1ccc(/C=C/c2nc3ccccc3o2)cc1. The lowest BCUT2D eigenvalue weighted by atomic mass is 10.1. The number of hydrogen-bond donors (Lipinski definition) is 0. The second kappa shape index (κ2) is 5.11. The molecule has 94 valence electrons. The number of rotatable bonds is 3. The van der Waals surface area contributed by atoms with Crippen LogP contribution in [0.3, 0.4) is 0 Å². The van der Waals surface area contributed by atoms with Crippen LogP contribution in [-0.2, 0) is 6.42 Å². The van der Waals surface area contributed by atoms with Crippen LogP contribution < -0.4 is 0 Å². The number of benzene rings is 2. The fraction of sp³-hybridized carbons (Fsp3) is 0.118. The number of aromatic nitrogens is 1. The van der Waals surface area contributed by atoms with E-state index in [0.29, 0.717) is 5.89 Å². The van der Waals surface area contributed by atoms with Crippen LogP contribution in [0.15, 0.2) is 52.9 Å². The summed E-state index contributed by atoms with van der Waals surface area (Å²) in [6.45, 7) is 2.16. The molecule has 19 heavy (non-hydrogen) atoms. The van der Waals surface area contributed by atoms with Crippen molar-refractivity contribution >= 4 is 23.3 Å². The molecule has 0 N–H and O–H groups in total. The van der Waals surface area contributed by atoms with Crippen LogP contribution in [0.5, 0.6) is 0 Å². The highest BCUT2D eigenvalue weighted by atomic mass is 16.3. The summed E-state index contributed by atoms with van der Waals surface area (Å²) in [7, 11) is 0. The van der Waals surface area contributed by atoms with E-state index in [2.05, 4.69) is 36.2 Å². The Morgan fingerprint density at radius 1 is 1.00 bits per heavy atom. The standard InChI is InChI=1S/C17H15NO/c1-2-13-7-9-14(10-8-13)11-12-17-18-15-5-3-4-6-16(15)19-17/h3-12H,2H2,1H3/b12-11+. The zero-order valence-electron chi connectivity index (χ0n) is 10.8. The van der Waals surface area contributed by atoms with Crippen LogP contribution in [0.4, 0.5) is 0 Å². The van der Waals surface area contributed by atoms with Gasteiger partial charge in [-0.25, -0.2) is 4.98 Å². The normalized spacial score (nSPS) is 11.4. The minimum atomic E-state index is 0.640. The third kappa shape index (κ3) is 2.58. The van der Waals surface area contributed by atoms with Crippen molar-refractivity contribution in [2.75, 3.05) is 0 Å². The minimum absolute atomic E-state index is 0.640. The van der Waals surface area contributed by atoms with Gasteiger partial charge < -0.3 is 4.42 Å². The van der Waals surface area contributed by atoms with Gasteiger partial charge in [-0.1, -0.05) is 43.3 Å². The maximum Gasteiger partial charge on any atom is 0.220 e. The van der Waals surface area contributed by atoms with Gasteiger partial charge in [-0.3, -0.25) is 0 Å². The van der Waals surface area contributed by atoms with E-state index in [9.17, 15) is 0 Å². The van der Waals surface area contributed by atoms with E-state index in [1.165, 1.54) is 5.56 Å². The van der Waals surface area contributed by atoms with E-state index in [-0.39, 0.29) is 0 Å². The molecule has 0 atom stereocenters. The van der Waals surface area contributed by atoms with Crippen LogP contribution in [-0.4, -0.2) is 4.98 Å². The lowest BCUT2D eigenvalue weighted by Gasteiger charge is -1.96. The molecule has 3 aromatic rings. The molecule has 1 heterocycles. The molecule has 0 bridgehead atoms. The van der Waals surface area contributed by atoms with Crippen molar-refractivity contribution in [3.8, 4) is 0 Å². The van der Waals surface area contributed by atoms with Crippen LogP contribution in [0.25, 0.3) is 23.3 Å². The Hall–Kier alpha value is -2.35. The highest BCUT2D eigenvalue weighted by molar-refractivity contribution is 5.75. The molecular formula is C17H15NO. The fourth-order valence-electron chi connectivity index (χ4n) is 1.99. The molecule has 2 nitrogen and oxygen atoms in total. The molecule has 0 spiro atoms. The van der Waals surface area contributed by atoms with Gasteiger partial charge in [0.15, 0.2) is 5.58 Å². The van der Waals surface area contributed by atoms with E-state index in [0.717, 1.165) is 23.1 Å². The Labute approximate surface area is 112 Å². The van der Waals surface area contributed by atoms with Gasteiger partial charge in [-0.15, -0.1) is 0 Å². The molecule has 0 saturated heterocycles.